The molecule has 1 aliphatic rings. The van der Waals surface area contributed by atoms with Gasteiger partial charge in [0.05, 0.1) is 10.9 Å². The van der Waals surface area contributed by atoms with E-state index in [4.69, 9.17) is 4.74 Å². The van der Waals surface area contributed by atoms with E-state index in [2.05, 4.69) is 21.1 Å². The lowest BCUT2D eigenvalue weighted by atomic mass is 9.97. The standard InChI is InChI=1S/C18H21N5O2/c1-25-12-16-20-18-19-11-14-15(23(18)21-16)8-10-22(17(14)24)9-7-13-5-3-2-4-6-13/h5,8,10-11H,2-4,6-7,9,12H2,1H3. The van der Waals surface area contributed by atoms with Gasteiger partial charge in [-0.2, -0.15) is 9.50 Å². The van der Waals surface area contributed by atoms with E-state index in [-0.39, 0.29) is 5.56 Å². The molecular weight excluding hydrogens is 318 g/mol. The minimum atomic E-state index is -0.0351. The molecule has 7 nitrogen and oxygen atoms in total. The van der Waals surface area contributed by atoms with E-state index in [1.165, 1.54) is 24.8 Å². The van der Waals surface area contributed by atoms with Crippen molar-refractivity contribution in [3.8, 4) is 0 Å². The molecule has 0 amide bonds. The third-order valence-corrected chi connectivity index (χ3v) is 4.68. The van der Waals surface area contributed by atoms with Gasteiger partial charge >= 0.3 is 0 Å². The zero-order chi connectivity index (χ0) is 17.2. The lowest BCUT2D eigenvalue weighted by molar-refractivity contribution is 0.178. The summed E-state index contributed by atoms with van der Waals surface area (Å²) in [5, 5.41) is 4.94. The number of allylic oxidation sites excluding steroid dienone is 2. The zero-order valence-corrected chi connectivity index (χ0v) is 14.3. The number of methoxy groups -OCH3 is 1. The Morgan fingerprint density at radius 1 is 1.32 bits per heavy atom. The molecule has 0 saturated carbocycles. The van der Waals surface area contributed by atoms with Crippen LogP contribution >= 0.6 is 0 Å². The number of rotatable bonds is 5. The fourth-order valence-electron chi connectivity index (χ4n) is 3.36. The molecule has 130 valence electrons. The van der Waals surface area contributed by atoms with Gasteiger partial charge in [-0.1, -0.05) is 11.6 Å². The van der Waals surface area contributed by atoms with Crippen LogP contribution < -0.4 is 5.56 Å². The topological polar surface area (TPSA) is 74.3 Å². The molecule has 4 rings (SSSR count). The average molecular weight is 339 g/mol. The van der Waals surface area contributed by atoms with E-state index in [0.717, 1.165) is 18.4 Å². The van der Waals surface area contributed by atoms with Crippen LogP contribution in [0, 0.1) is 0 Å². The summed E-state index contributed by atoms with van der Waals surface area (Å²) in [5.41, 5.74) is 2.15. The van der Waals surface area contributed by atoms with Gasteiger partial charge in [-0.25, -0.2) is 4.98 Å². The molecule has 3 heterocycles. The number of pyridine rings is 1. The lowest BCUT2D eigenvalue weighted by Gasteiger charge is -2.13. The van der Waals surface area contributed by atoms with Crippen LogP contribution in [-0.2, 0) is 17.9 Å². The molecule has 0 saturated heterocycles. The van der Waals surface area contributed by atoms with Gasteiger partial charge < -0.3 is 9.30 Å². The van der Waals surface area contributed by atoms with Crippen molar-refractivity contribution in [2.24, 2.45) is 0 Å². The van der Waals surface area contributed by atoms with Crippen LogP contribution in [0.5, 0.6) is 0 Å². The summed E-state index contributed by atoms with van der Waals surface area (Å²) in [6.45, 7) is 1.02. The fourth-order valence-corrected chi connectivity index (χ4v) is 3.36. The molecule has 0 aromatic carbocycles. The predicted octanol–water partition coefficient (Wildman–Crippen LogP) is 2.48. The monoisotopic (exact) mass is 339 g/mol. The molecule has 25 heavy (non-hydrogen) atoms. The second kappa shape index (κ2) is 6.76. The van der Waals surface area contributed by atoms with E-state index >= 15 is 0 Å². The highest BCUT2D eigenvalue weighted by Crippen LogP contribution is 2.20. The molecule has 0 spiro atoms. The quantitative estimate of drug-likeness (QED) is 0.668. The molecule has 0 N–H and O–H groups in total. The first kappa shape index (κ1) is 16.0. The summed E-state index contributed by atoms with van der Waals surface area (Å²) in [4.78, 5) is 21.4. The predicted molar refractivity (Wildman–Crippen MR) is 94.4 cm³/mol. The van der Waals surface area contributed by atoms with E-state index in [1.807, 2.05) is 12.3 Å². The Morgan fingerprint density at radius 3 is 3.04 bits per heavy atom. The molecule has 0 fully saturated rings. The minimum Gasteiger partial charge on any atom is -0.377 e. The number of aromatic nitrogens is 5. The molecule has 1 aliphatic carbocycles. The highest BCUT2D eigenvalue weighted by atomic mass is 16.5. The van der Waals surface area contributed by atoms with Crippen molar-refractivity contribution in [1.29, 1.82) is 0 Å². The summed E-state index contributed by atoms with van der Waals surface area (Å²) >= 11 is 0. The molecule has 0 aliphatic heterocycles. The Bertz CT molecular complexity index is 1000. The van der Waals surface area contributed by atoms with Crippen LogP contribution in [0.2, 0.25) is 0 Å². The van der Waals surface area contributed by atoms with Gasteiger partial charge in [-0.05, 0) is 38.2 Å². The van der Waals surface area contributed by atoms with Gasteiger partial charge in [-0.3, -0.25) is 4.79 Å². The first-order valence-corrected chi connectivity index (χ1v) is 8.67. The third-order valence-electron chi connectivity index (χ3n) is 4.68. The Balaban J connectivity index is 1.68. The van der Waals surface area contributed by atoms with Crippen molar-refractivity contribution in [2.45, 2.75) is 45.3 Å². The SMILES string of the molecule is COCc1nc2ncc3c(=O)n(CCC4=CCCCC4)ccc3n2n1. The first-order valence-electron chi connectivity index (χ1n) is 8.67. The molecule has 0 radical (unpaired) electrons. The van der Waals surface area contributed by atoms with Crippen molar-refractivity contribution >= 4 is 16.7 Å². The van der Waals surface area contributed by atoms with E-state index < -0.39 is 0 Å². The Labute approximate surface area is 145 Å². The van der Waals surface area contributed by atoms with Crippen LogP contribution in [0.1, 0.15) is 37.9 Å². The van der Waals surface area contributed by atoms with Crippen LogP contribution in [0.15, 0.2) is 34.9 Å². The van der Waals surface area contributed by atoms with Crippen LogP contribution in [0.3, 0.4) is 0 Å². The summed E-state index contributed by atoms with van der Waals surface area (Å²) in [6.07, 6.45) is 11.6. The van der Waals surface area contributed by atoms with Gasteiger partial charge in [0, 0.05) is 26.0 Å². The van der Waals surface area contributed by atoms with Crippen LogP contribution in [0.25, 0.3) is 16.7 Å². The number of hydrogen-bond donors (Lipinski definition) is 0. The third kappa shape index (κ3) is 3.07. The lowest BCUT2D eigenvalue weighted by Crippen LogP contribution is -2.21. The van der Waals surface area contributed by atoms with Crippen LogP contribution in [-0.4, -0.2) is 31.3 Å². The largest absolute Gasteiger partial charge is 0.377 e. The highest BCUT2D eigenvalue weighted by Gasteiger charge is 2.12. The number of aryl methyl sites for hydroxylation is 1. The summed E-state index contributed by atoms with van der Waals surface area (Å²) in [5.74, 6) is 1.03. The van der Waals surface area contributed by atoms with E-state index in [9.17, 15) is 4.79 Å². The molecular formula is C18H21N5O2. The number of fused-ring (bicyclic) bond motifs is 3. The summed E-state index contributed by atoms with van der Waals surface area (Å²) in [7, 11) is 1.59. The minimum absolute atomic E-state index is 0.0351. The molecule has 3 aromatic rings. The number of ether oxygens (including phenoxy) is 1. The second-order valence-corrected chi connectivity index (χ2v) is 6.40. The van der Waals surface area contributed by atoms with Gasteiger partial charge in [0.15, 0.2) is 5.82 Å². The van der Waals surface area contributed by atoms with Crippen LogP contribution in [0.4, 0.5) is 0 Å². The molecule has 0 atom stereocenters. The van der Waals surface area contributed by atoms with Gasteiger partial charge in [0.1, 0.15) is 6.61 Å². The second-order valence-electron chi connectivity index (χ2n) is 6.40. The van der Waals surface area contributed by atoms with Crippen molar-refractivity contribution in [1.82, 2.24) is 24.1 Å². The number of hydrogen-bond acceptors (Lipinski definition) is 5. The van der Waals surface area contributed by atoms with E-state index in [0.29, 0.717) is 30.1 Å². The van der Waals surface area contributed by atoms with Gasteiger partial charge in [0.2, 0.25) is 0 Å². The maximum Gasteiger partial charge on any atom is 0.261 e. The maximum atomic E-state index is 12.8. The maximum absolute atomic E-state index is 12.8. The molecule has 0 unspecified atom stereocenters. The Hall–Kier alpha value is -2.54. The zero-order valence-electron chi connectivity index (χ0n) is 14.3. The Kier molecular flexibility index (Phi) is 4.31. The van der Waals surface area contributed by atoms with Crippen molar-refractivity contribution in [2.75, 3.05) is 7.11 Å². The van der Waals surface area contributed by atoms with Gasteiger partial charge in [-0.15, -0.1) is 5.10 Å². The highest BCUT2D eigenvalue weighted by molar-refractivity contribution is 5.78. The summed E-state index contributed by atoms with van der Waals surface area (Å²) in [6, 6.07) is 1.91. The van der Waals surface area contributed by atoms with Crippen molar-refractivity contribution in [3.05, 3.63) is 46.3 Å². The fraction of sp³-hybridized carbons (Fsp3) is 0.444. The number of nitrogens with zero attached hydrogens (tertiary/aromatic N) is 5. The van der Waals surface area contributed by atoms with Crippen molar-refractivity contribution < 1.29 is 4.74 Å². The van der Waals surface area contributed by atoms with E-state index in [1.54, 1.807) is 22.4 Å². The normalized spacial score (nSPS) is 15.0. The first-order chi connectivity index (χ1) is 12.3. The van der Waals surface area contributed by atoms with Gasteiger partial charge in [0.25, 0.3) is 11.3 Å². The summed E-state index contributed by atoms with van der Waals surface area (Å²) < 4.78 is 8.44. The average Bonchev–Trinajstić information content (AvgIpc) is 3.05. The smallest absolute Gasteiger partial charge is 0.261 e. The Morgan fingerprint density at radius 2 is 2.24 bits per heavy atom. The molecule has 0 bridgehead atoms. The molecule has 3 aromatic heterocycles. The van der Waals surface area contributed by atoms with Crippen molar-refractivity contribution in [3.63, 3.8) is 0 Å². The molecule has 7 heteroatoms.